The van der Waals surface area contributed by atoms with Gasteiger partial charge >= 0.3 is 5.97 Å². The first-order chi connectivity index (χ1) is 9.93. The number of halogens is 1. The van der Waals surface area contributed by atoms with Crippen molar-refractivity contribution in [3.63, 3.8) is 0 Å². The number of carbonyl (C=O) groups is 1. The zero-order valence-electron chi connectivity index (χ0n) is 12.4. The van der Waals surface area contributed by atoms with Gasteiger partial charge < -0.3 is 14.7 Å². The lowest BCUT2D eigenvalue weighted by Gasteiger charge is -2.10. The van der Waals surface area contributed by atoms with Crippen molar-refractivity contribution in [2.45, 2.75) is 39.7 Å². The SMILES string of the molecule is Cc1ccc(OCCC/C(=N/O)C(=O)OC(C)C)c(Br)c1. The van der Waals surface area contributed by atoms with Crippen molar-refractivity contribution < 1.29 is 19.5 Å². The second-order valence-corrected chi connectivity index (χ2v) is 5.74. The van der Waals surface area contributed by atoms with Crippen LogP contribution in [0.1, 0.15) is 32.3 Å². The average Bonchev–Trinajstić information content (AvgIpc) is 2.40. The Bertz CT molecular complexity index is 514. The van der Waals surface area contributed by atoms with Gasteiger partial charge in [-0.2, -0.15) is 0 Å². The quantitative estimate of drug-likeness (QED) is 0.265. The van der Waals surface area contributed by atoms with E-state index in [1.165, 1.54) is 0 Å². The minimum atomic E-state index is -0.594. The lowest BCUT2D eigenvalue weighted by molar-refractivity contribution is -0.139. The number of esters is 1. The third-order valence-corrected chi connectivity index (χ3v) is 3.22. The lowest BCUT2D eigenvalue weighted by atomic mass is 10.2. The Morgan fingerprint density at radius 3 is 2.71 bits per heavy atom. The molecule has 1 aromatic carbocycles. The Morgan fingerprint density at radius 2 is 2.14 bits per heavy atom. The van der Waals surface area contributed by atoms with Crippen LogP contribution in [-0.2, 0) is 9.53 Å². The Morgan fingerprint density at radius 1 is 1.43 bits per heavy atom. The van der Waals surface area contributed by atoms with Crippen molar-refractivity contribution in [3.8, 4) is 5.75 Å². The first kappa shape index (κ1) is 17.5. The van der Waals surface area contributed by atoms with Crippen LogP contribution in [0.4, 0.5) is 0 Å². The standard InChI is InChI=1S/C15H20BrNO4/c1-10(2)21-15(18)13(17-19)5-4-8-20-14-7-6-11(3)9-12(14)16/h6-7,9-10,19H,4-5,8H2,1-3H3/b17-13-. The van der Waals surface area contributed by atoms with E-state index in [9.17, 15) is 4.79 Å². The molecule has 0 saturated heterocycles. The molecule has 0 aliphatic heterocycles. The molecule has 0 bridgehead atoms. The van der Waals surface area contributed by atoms with E-state index in [0.29, 0.717) is 19.4 Å². The Hall–Kier alpha value is -1.56. The van der Waals surface area contributed by atoms with Gasteiger partial charge in [0.1, 0.15) is 5.75 Å². The summed E-state index contributed by atoms with van der Waals surface area (Å²) in [4.78, 5) is 11.6. The predicted octanol–water partition coefficient (Wildman–Crippen LogP) is 3.70. The maximum Gasteiger partial charge on any atom is 0.356 e. The Labute approximate surface area is 133 Å². The summed E-state index contributed by atoms with van der Waals surface area (Å²) in [5.41, 5.74) is 1.15. The highest BCUT2D eigenvalue weighted by molar-refractivity contribution is 9.10. The fraction of sp³-hybridized carbons (Fsp3) is 0.467. The van der Waals surface area contributed by atoms with Crippen LogP contribution in [0.25, 0.3) is 0 Å². The molecule has 0 heterocycles. The average molecular weight is 358 g/mol. The molecule has 6 heteroatoms. The van der Waals surface area contributed by atoms with Gasteiger partial charge in [0.05, 0.1) is 17.2 Å². The van der Waals surface area contributed by atoms with E-state index in [4.69, 9.17) is 14.7 Å². The molecular weight excluding hydrogens is 338 g/mol. The molecule has 0 radical (unpaired) electrons. The topological polar surface area (TPSA) is 68.1 Å². The predicted molar refractivity (Wildman–Crippen MR) is 84.1 cm³/mol. The summed E-state index contributed by atoms with van der Waals surface area (Å²) in [6, 6.07) is 5.81. The number of carbonyl (C=O) groups excluding carboxylic acids is 1. The highest BCUT2D eigenvalue weighted by atomic mass is 79.9. The van der Waals surface area contributed by atoms with Crippen LogP contribution in [0, 0.1) is 6.92 Å². The molecule has 1 aromatic rings. The van der Waals surface area contributed by atoms with Crippen molar-refractivity contribution in [3.05, 3.63) is 28.2 Å². The molecule has 5 nitrogen and oxygen atoms in total. The van der Waals surface area contributed by atoms with Crippen LogP contribution in [-0.4, -0.2) is 29.6 Å². The number of hydrogen-bond acceptors (Lipinski definition) is 5. The van der Waals surface area contributed by atoms with E-state index in [2.05, 4.69) is 21.1 Å². The Kier molecular flexibility index (Phi) is 7.22. The number of oxime groups is 1. The van der Waals surface area contributed by atoms with Crippen molar-refractivity contribution in [2.75, 3.05) is 6.61 Å². The minimum Gasteiger partial charge on any atom is -0.492 e. The van der Waals surface area contributed by atoms with Gasteiger partial charge in [0.2, 0.25) is 0 Å². The molecule has 21 heavy (non-hydrogen) atoms. The van der Waals surface area contributed by atoms with Crippen molar-refractivity contribution in [1.29, 1.82) is 0 Å². The third-order valence-electron chi connectivity index (χ3n) is 2.60. The molecule has 0 aliphatic carbocycles. The van der Waals surface area contributed by atoms with Crippen LogP contribution < -0.4 is 4.74 Å². The van der Waals surface area contributed by atoms with E-state index in [-0.39, 0.29) is 11.8 Å². The molecule has 1 N–H and O–H groups in total. The largest absolute Gasteiger partial charge is 0.492 e. The number of benzene rings is 1. The molecule has 0 spiro atoms. The van der Waals surface area contributed by atoms with Crippen LogP contribution in [0.5, 0.6) is 5.75 Å². The van der Waals surface area contributed by atoms with Gasteiger partial charge in [0.15, 0.2) is 5.71 Å². The van der Waals surface area contributed by atoms with Crippen molar-refractivity contribution in [2.24, 2.45) is 5.16 Å². The second-order valence-electron chi connectivity index (χ2n) is 4.89. The van der Waals surface area contributed by atoms with Crippen molar-refractivity contribution in [1.82, 2.24) is 0 Å². The maximum absolute atomic E-state index is 11.6. The van der Waals surface area contributed by atoms with Gasteiger partial charge in [-0.25, -0.2) is 4.79 Å². The summed E-state index contributed by atoms with van der Waals surface area (Å²) >= 11 is 3.43. The molecule has 0 amide bonds. The van der Waals surface area contributed by atoms with Gasteiger partial charge in [0.25, 0.3) is 0 Å². The lowest BCUT2D eigenvalue weighted by Crippen LogP contribution is -2.21. The van der Waals surface area contributed by atoms with Gasteiger partial charge in [-0.1, -0.05) is 11.2 Å². The van der Waals surface area contributed by atoms with E-state index in [1.807, 2.05) is 25.1 Å². The fourth-order valence-corrected chi connectivity index (χ4v) is 2.23. The van der Waals surface area contributed by atoms with Crippen LogP contribution in [0.2, 0.25) is 0 Å². The highest BCUT2D eigenvalue weighted by Crippen LogP contribution is 2.25. The number of nitrogens with zero attached hydrogens (tertiary/aromatic N) is 1. The minimum absolute atomic E-state index is 0.00951. The summed E-state index contributed by atoms with van der Waals surface area (Å²) < 4.78 is 11.5. The van der Waals surface area contributed by atoms with Crippen molar-refractivity contribution >= 4 is 27.6 Å². The molecule has 0 aliphatic rings. The van der Waals surface area contributed by atoms with Gasteiger partial charge in [-0.3, -0.25) is 0 Å². The first-order valence-corrected chi connectivity index (χ1v) is 7.54. The number of hydrogen-bond donors (Lipinski definition) is 1. The number of rotatable bonds is 7. The van der Waals surface area contributed by atoms with E-state index >= 15 is 0 Å². The second kappa shape index (κ2) is 8.67. The van der Waals surface area contributed by atoms with Crippen LogP contribution >= 0.6 is 15.9 Å². The fourth-order valence-electron chi connectivity index (χ4n) is 1.62. The van der Waals surface area contributed by atoms with E-state index < -0.39 is 5.97 Å². The number of aryl methyl sites for hydroxylation is 1. The smallest absolute Gasteiger partial charge is 0.356 e. The van der Waals surface area contributed by atoms with Gasteiger partial charge in [-0.15, -0.1) is 0 Å². The van der Waals surface area contributed by atoms with Gasteiger partial charge in [-0.05, 0) is 60.8 Å². The maximum atomic E-state index is 11.6. The van der Waals surface area contributed by atoms with Gasteiger partial charge in [0, 0.05) is 6.42 Å². The molecular formula is C15H20BrNO4. The summed E-state index contributed by atoms with van der Waals surface area (Å²) in [6.07, 6.45) is 0.604. The zero-order valence-corrected chi connectivity index (χ0v) is 14.0. The highest BCUT2D eigenvalue weighted by Gasteiger charge is 2.15. The van der Waals surface area contributed by atoms with Crippen LogP contribution in [0.15, 0.2) is 27.8 Å². The molecule has 0 unspecified atom stereocenters. The zero-order chi connectivity index (χ0) is 15.8. The summed E-state index contributed by atoms with van der Waals surface area (Å²) in [7, 11) is 0. The number of ether oxygens (including phenoxy) is 2. The molecule has 0 atom stereocenters. The molecule has 116 valence electrons. The summed E-state index contributed by atoms with van der Waals surface area (Å²) in [5.74, 6) is 0.150. The molecule has 0 aromatic heterocycles. The van der Waals surface area contributed by atoms with Crippen LogP contribution in [0.3, 0.4) is 0 Å². The third kappa shape index (κ3) is 6.16. The van der Waals surface area contributed by atoms with E-state index in [1.54, 1.807) is 13.8 Å². The Balaban J connectivity index is 2.40. The monoisotopic (exact) mass is 357 g/mol. The van der Waals surface area contributed by atoms with E-state index in [0.717, 1.165) is 15.8 Å². The normalized spacial score (nSPS) is 11.6. The summed E-state index contributed by atoms with van der Waals surface area (Å²) in [6.45, 7) is 5.89. The molecule has 1 rings (SSSR count). The first-order valence-electron chi connectivity index (χ1n) is 6.75. The molecule has 0 fully saturated rings. The summed E-state index contributed by atoms with van der Waals surface area (Å²) in [5, 5.41) is 11.8. The molecule has 0 saturated carbocycles.